The highest BCUT2D eigenvalue weighted by atomic mass is 16.5. The lowest BCUT2D eigenvalue weighted by atomic mass is 9.92. The molecule has 0 bridgehead atoms. The van der Waals surface area contributed by atoms with Crippen molar-refractivity contribution in [3.05, 3.63) is 71.8 Å². The van der Waals surface area contributed by atoms with Crippen LogP contribution in [0.25, 0.3) is 0 Å². The Balaban J connectivity index is 1.47. The quantitative estimate of drug-likeness (QED) is 0.601. The van der Waals surface area contributed by atoms with Crippen molar-refractivity contribution in [1.29, 1.82) is 0 Å². The van der Waals surface area contributed by atoms with E-state index >= 15 is 0 Å². The maximum atomic E-state index is 13.7. The normalized spacial score (nSPS) is 23.9. The molecule has 3 unspecified atom stereocenters. The van der Waals surface area contributed by atoms with E-state index in [2.05, 4.69) is 20.6 Å². The van der Waals surface area contributed by atoms with Crippen molar-refractivity contribution in [2.24, 2.45) is 15.9 Å². The van der Waals surface area contributed by atoms with Crippen LogP contribution in [0.15, 0.2) is 70.6 Å². The number of carbonyl (C=O) groups is 3. The van der Waals surface area contributed by atoms with Crippen LogP contribution in [0.4, 0.5) is 4.79 Å². The first-order valence-electron chi connectivity index (χ1n) is 11.8. The number of hydrogen-bond acceptors (Lipinski definition) is 7. The average molecular weight is 474 g/mol. The van der Waals surface area contributed by atoms with Crippen molar-refractivity contribution in [2.75, 3.05) is 13.1 Å². The SMILES string of the molecule is CC(OC12N=CN=C1C(=O)N(C(C(=O)c1ccccc1)c1ccccc1)C(=O)N2)C1CCNCC1. The van der Waals surface area contributed by atoms with Crippen molar-refractivity contribution in [1.82, 2.24) is 15.5 Å². The van der Waals surface area contributed by atoms with E-state index in [9.17, 15) is 14.4 Å². The van der Waals surface area contributed by atoms with E-state index in [0.717, 1.165) is 30.8 Å². The molecule has 2 aromatic rings. The second kappa shape index (κ2) is 9.52. The van der Waals surface area contributed by atoms with Crippen LogP contribution in [0.2, 0.25) is 0 Å². The number of amides is 3. The molecule has 0 spiro atoms. The van der Waals surface area contributed by atoms with Crippen molar-refractivity contribution in [3.8, 4) is 0 Å². The highest BCUT2D eigenvalue weighted by Crippen LogP contribution is 2.33. The molecule has 3 aliphatic heterocycles. The Bertz CT molecular complexity index is 1180. The molecule has 3 atom stereocenters. The summed E-state index contributed by atoms with van der Waals surface area (Å²) in [4.78, 5) is 50.2. The Labute approximate surface area is 203 Å². The van der Waals surface area contributed by atoms with Gasteiger partial charge in [0.2, 0.25) is 0 Å². The summed E-state index contributed by atoms with van der Waals surface area (Å²) in [7, 11) is 0. The summed E-state index contributed by atoms with van der Waals surface area (Å²) < 4.78 is 6.24. The third-order valence-corrected chi connectivity index (χ3v) is 6.75. The predicted molar refractivity (Wildman–Crippen MR) is 130 cm³/mol. The molecule has 2 fully saturated rings. The van der Waals surface area contributed by atoms with Gasteiger partial charge in [-0.15, -0.1) is 0 Å². The number of Topliss-reactive ketones (excluding diaryl/α,β-unsaturated/α-hetero) is 1. The highest BCUT2D eigenvalue weighted by Gasteiger charge is 2.56. The summed E-state index contributed by atoms with van der Waals surface area (Å²) >= 11 is 0. The predicted octanol–water partition coefficient (Wildman–Crippen LogP) is 2.70. The zero-order valence-electron chi connectivity index (χ0n) is 19.4. The van der Waals surface area contributed by atoms with Crippen LogP contribution in [0, 0.1) is 5.92 Å². The number of benzene rings is 2. The largest absolute Gasteiger partial charge is 0.329 e. The minimum atomic E-state index is -1.69. The first-order valence-corrected chi connectivity index (χ1v) is 11.8. The van der Waals surface area contributed by atoms with E-state index in [4.69, 9.17) is 4.74 Å². The number of nitrogens with one attached hydrogen (secondary N) is 2. The molecule has 0 radical (unpaired) electrons. The Morgan fingerprint density at radius 1 is 1.06 bits per heavy atom. The molecule has 35 heavy (non-hydrogen) atoms. The average Bonchev–Trinajstić information content (AvgIpc) is 3.31. The van der Waals surface area contributed by atoms with Gasteiger partial charge in [-0.3, -0.25) is 14.9 Å². The molecule has 3 aliphatic rings. The fourth-order valence-corrected chi connectivity index (χ4v) is 4.86. The number of rotatable bonds is 7. The molecule has 3 heterocycles. The van der Waals surface area contributed by atoms with E-state index in [0.29, 0.717) is 11.1 Å². The van der Waals surface area contributed by atoms with Crippen molar-refractivity contribution in [3.63, 3.8) is 0 Å². The second-order valence-electron chi connectivity index (χ2n) is 8.93. The van der Waals surface area contributed by atoms with Gasteiger partial charge in [-0.05, 0) is 44.3 Å². The van der Waals surface area contributed by atoms with Crippen LogP contribution in [0.1, 0.15) is 41.7 Å². The van der Waals surface area contributed by atoms with Gasteiger partial charge in [-0.1, -0.05) is 60.7 Å². The molecule has 3 amide bonds. The fraction of sp³-hybridized carbons (Fsp3) is 0.346. The van der Waals surface area contributed by atoms with Gasteiger partial charge in [0.25, 0.3) is 11.8 Å². The van der Waals surface area contributed by atoms with Gasteiger partial charge in [-0.2, -0.15) is 0 Å². The summed E-state index contributed by atoms with van der Waals surface area (Å²) in [6.07, 6.45) is 2.79. The summed E-state index contributed by atoms with van der Waals surface area (Å²) in [5, 5.41) is 6.06. The second-order valence-corrected chi connectivity index (χ2v) is 8.93. The minimum Gasteiger partial charge on any atom is -0.328 e. The first-order chi connectivity index (χ1) is 17.0. The molecule has 180 valence electrons. The van der Waals surface area contributed by atoms with E-state index in [1.54, 1.807) is 54.6 Å². The summed E-state index contributed by atoms with van der Waals surface area (Å²) in [6.45, 7) is 3.69. The molecular weight excluding hydrogens is 446 g/mol. The molecule has 0 aromatic heterocycles. The lowest BCUT2D eigenvalue weighted by Crippen LogP contribution is -2.69. The Hall–Kier alpha value is -3.69. The maximum Gasteiger partial charge on any atom is 0.329 e. The number of piperidine rings is 1. The fourth-order valence-electron chi connectivity index (χ4n) is 4.86. The Morgan fingerprint density at radius 2 is 1.71 bits per heavy atom. The van der Waals surface area contributed by atoms with Gasteiger partial charge in [0, 0.05) is 5.56 Å². The number of nitrogens with zero attached hydrogens (tertiary/aromatic N) is 3. The minimum absolute atomic E-state index is 0.0559. The molecular formula is C26H27N5O4. The third kappa shape index (κ3) is 4.28. The number of carbonyl (C=O) groups excluding carboxylic acids is 3. The number of ketones is 1. The van der Waals surface area contributed by atoms with Crippen LogP contribution >= 0.6 is 0 Å². The standard InChI is InChI=1S/C26H27N5O4/c1-17(18-12-14-27-15-13-18)35-26-23(28-16-29-26)24(33)31(25(34)30-26)21(19-8-4-2-5-9-19)22(32)20-10-6-3-7-11-20/h2-11,16-18,21,27H,12-15H2,1H3,(H,30,34). The number of fused-ring (bicyclic) bond motifs is 1. The number of urea groups is 1. The molecule has 2 aromatic carbocycles. The third-order valence-electron chi connectivity index (χ3n) is 6.75. The van der Waals surface area contributed by atoms with E-state index in [-0.39, 0.29) is 23.5 Å². The van der Waals surface area contributed by atoms with Crippen LogP contribution in [0.3, 0.4) is 0 Å². The zero-order chi connectivity index (χ0) is 24.4. The maximum absolute atomic E-state index is 13.7. The van der Waals surface area contributed by atoms with Crippen LogP contribution < -0.4 is 10.6 Å². The van der Waals surface area contributed by atoms with Crippen LogP contribution in [-0.2, 0) is 9.53 Å². The van der Waals surface area contributed by atoms with E-state index in [1.807, 2.05) is 13.0 Å². The summed E-state index contributed by atoms with van der Waals surface area (Å²) in [5.74, 6) is -2.52. The zero-order valence-corrected chi connectivity index (χ0v) is 19.4. The van der Waals surface area contributed by atoms with E-state index < -0.39 is 23.8 Å². The van der Waals surface area contributed by atoms with Gasteiger partial charge in [-0.25, -0.2) is 19.7 Å². The number of ether oxygens (including phenoxy) is 1. The van der Waals surface area contributed by atoms with Crippen LogP contribution in [0.5, 0.6) is 0 Å². The van der Waals surface area contributed by atoms with Gasteiger partial charge in [0.05, 0.1) is 6.10 Å². The topological polar surface area (TPSA) is 112 Å². The van der Waals surface area contributed by atoms with Crippen molar-refractivity contribution >= 4 is 29.8 Å². The molecule has 2 N–H and O–H groups in total. The molecule has 0 aliphatic carbocycles. The monoisotopic (exact) mass is 473 g/mol. The molecule has 2 saturated heterocycles. The molecule has 0 saturated carbocycles. The first kappa shape index (κ1) is 23.1. The van der Waals surface area contributed by atoms with Crippen molar-refractivity contribution < 1.29 is 19.1 Å². The summed E-state index contributed by atoms with van der Waals surface area (Å²) in [5.41, 5.74) is 0.847. The van der Waals surface area contributed by atoms with Crippen molar-refractivity contribution in [2.45, 2.75) is 37.8 Å². The Kier molecular flexibility index (Phi) is 6.27. The Morgan fingerprint density at radius 3 is 2.40 bits per heavy atom. The van der Waals surface area contributed by atoms with Gasteiger partial charge in [0.15, 0.2) is 11.5 Å². The molecule has 9 heteroatoms. The summed E-state index contributed by atoms with van der Waals surface area (Å²) in [6, 6.07) is 15.4. The highest BCUT2D eigenvalue weighted by molar-refractivity contribution is 6.48. The van der Waals surface area contributed by atoms with Gasteiger partial charge >= 0.3 is 6.03 Å². The number of hydrogen-bond donors (Lipinski definition) is 2. The lowest BCUT2D eigenvalue weighted by molar-refractivity contribution is -0.130. The number of imide groups is 1. The number of aliphatic imine (C=N–C) groups is 2. The smallest absolute Gasteiger partial charge is 0.328 e. The van der Waals surface area contributed by atoms with Crippen LogP contribution in [-0.4, -0.2) is 59.7 Å². The lowest BCUT2D eigenvalue weighted by Gasteiger charge is -2.42. The molecule has 9 nitrogen and oxygen atoms in total. The molecule has 5 rings (SSSR count). The van der Waals surface area contributed by atoms with E-state index in [1.165, 1.54) is 6.34 Å². The van der Waals surface area contributed by atoms with Gasteiger partial charge < -0.3 is 10.1 Å². The van der Waals surface area contributed by atoms with Gasteiger partial charge in [0.1, 0.15) is 12.4 Å².